The van der Waals surface area contributed by atoms with Gasteiger partial charge in [-0.2, -0.15) is 0 Å². The van der Waals surface area contributed by atoms with E-state index in [1.165, 1.54) is 6.07 Å². The summed E-state index contributed by atoms with van der Waals surface area (Å²) in [6.45, 7) is 1.73. The molecule has 0 aliphatic carbocycles. The summed E-state index contributed by atoms with van der Waals surface area (Å²) >= 11 is 6.21. The van der Waals surface area contributed by atoms with Crippen LogP contribution in [0.3, 0.4) is 0 Å². The first-order valence-electron chi connectivity index (χ1n) is 6.51. The topological polar surface area (TPSA) is 49.8 Å². The molecule has 1 aliphatic rings. The van der Waals surface area contributed by atoms with Crippen molar-refractivity contribution in [1.29, 1.82) is 0 Å². The Morgan fingerprint density at radius 1 is 1.15 bits per heavy atom. The maximum Gasteiger partial charge on any atom is 0.228 e. The Morgan fingerprint density at radius 2 is 1.95 bits per heavy atom. The molecule has 104 valence electrons. The zero-order valence-corrected chi connectivity index (χ0v) is 11.5. The summed E-state index contributed by atoms with van der Waals surface area (Å²) < 4.78 is 13.6. The zero-order chi connectivity index (χ0) is 13.9. The molecule has 0 saturated carbocycles. The highest BCUT2D eigenvalue weighted by molar-refractivity contribution is 6.30. The van der Waals surface area contributed by atoms with Crippen molar-refractivity contribution >= 4 is 23.2 Å². The number of hydrogen-bond donors (Lipinski definition) is 2. The number of halogens is 2. The third-order valence-electron chi connectivity index (χ3n) is 3.25. The number of para-hydroxylation sites is 1. The standard InChI is InChI=1S/C14H14ClFN4/c15-13-9-5-7-17-8-6-11(9)18-14(20-13)19-12-4-2-1-3-10(12)16/h1-4,17H,5-8H2,(H,18,19,20). The molecule has 6 heteroatoms. The third-order valence-corrected chi connectivity index (χ3v) is 3.57. The lowest BCUT2D eigenvalue weighted by atomic mass is 10.1. The summed E-state index contributed by atoms with van der Waals surface area (Å²) in [5.41, 5.74) is 2.25. The highest BCUT2D eigenvalue weighted by Crippen LogP contribution is 2.23. The van der Waals surface area contributed by atoms with Gasteiger partial charge in [0.2, 0.25) is 5.95 Å². The van der Waals surface area contributed by atoms with E-state index in [4.69, 9.17) is 11.6 Å². The van der Waals surface area contributed by atoms with Crippen LogP contribution in [0.2, 0.25) is 5.15 Å². The minimum atomic E-state index is -0.344. The number of nitrogens with zero attached hydrogens (tertiary/aromatic N) is 2. The van der Waals surface area contributed by atoms with Gasteiger partial charge >= 0.3 is 0 Å². The van der Waals surface area contributed by atoms with Gasteiger partial charge in [-0.1, -0.05) is 23.7 Å². The number of anilines is 2. The number of aromatic nitrogens is 2. The molecular formula is C14H14ClFN4. The fourth-order valence-corrected chi connectivity index (χ4v) is 2.52. The minimum Gasteiger partial charge on any atom is -0.322 e. The van der Waals surface area contributed by atoms with Crippen molar-refractivity contribution in [2.75, 3.05) is 18.4 Å². The van der Waals surface area contributed by atoms with Crippen molar-refractivity contribution in [3.8, 4) is 0 Å². The molecule has 0 saturated heterocycles. The Bertz CT molecular complexity index is 633. The van der Waals surface area contributed by atoms with Gasteiger partial charge in [-0.25, -0.2) is 14.4 Å². The van der Waals surface area contributed by atoms with E-state index in [2.05, 4.69) is 20.6 Å². The van der Waals surface area contributed by atoms with Crippen LogP contribution in [-0.2, 0) is 12.8 Å². The van der Waals surface area contributed by atoms with Crippen LogP contribution in [0.15, 0.2) is 24.3 Å². The highest BCUT2D eigenvalue weighted by atomic mass is 35.5. The quantitative estimate of drug-likeness (QED) is 0.836. The maximum absolute atomic E-state index is 13.6. The van der Waals surface area contributed by atoms with E-state index in [0.29, 0.717) is 16.8 Å². The Morgan fingerprint density at radius 3 is 2.80 bits per heavy atom. The van der Waals surface area contributed by atoms with Crippen LogP contribution in [0, 0.1) is 5.82 Å². The molecule has 0 spiro atoms. The highest BCUT2D eigenvalue weighted by Gasteiger charge is 2.15. The van der Waals surface area contributed by atoms with Crippen LogP contribution >= 0.6 is 11.6 Å². The van der Waals surface area contributed by atoms with E-state index in [9.17, 15) is 4.39 Å². The molecule has 0 atom stereocenters. The molecule has 20 heavy (non-hydrogen) atoms. The first-order chi connectivity index (χ1) is 9.74. The zero-order valence-electron chi connectivity index (χ0n) is 10.8. The largest absolute Gasteiger partial charge is 0.322 e. The molecule has 1 aliphatic heterocycles. The normalized spacial score (nSPS) is 14.5. The second-order valence-electron chi connectivity index (χ2n) is 4.62. The van der Waals surface area contributed by atoms with Crippen molar-refractivity contribution in [1.82, 2.24) is 15.3 Å². The number of nitrogens with one attached hydrogen (secondary N) is 2. The van der Waals surface area contributed by atoms with E-state index < -0.39 is 0 Å². The van der Waals surface area contributed by atoms with Crippen molar-refractivity contribution in [2.24, 2.45) is 0 Å². The molecule has 3 rings (SSSR count). The van der Waals surface area contributed by atoms with Crippen molar-refractivity contribution in [2.45, 2.75) is 12.8 Å². The molecule has 1 aromatic carbocycles. The Kier molecular flexibility index (Phi) is 3.80. The lowest BCUT2D eigenvalue weighted by Gasteiger charge is -2.11. The lowest BCUT2D eigenvalue weighted by Crippen LogP contribution is -2.16. The number of rotatable bonds is 2. The van der Waals surface area contributed by atoms with Crippen LogP contribution in [0.4, 0.5) is 16.0 Å². The van der Waals surface area contributed by atoms with Gasteiger partial charge in [-0.05, 0) is 25.1 Å². The van der Waals surface area contributed by atoms with Crippen molar-refractivity contribution < 1.29 is 4.39 Å². The molecule has 1 aromatic heterocycles. The predicted octanol–water partition coefficient (Wildman–Crippen LogP) is 2.70. The summed E-state index contributed by atoms with van der Waals surface area (Å²) in [5.74, 6) is -0.00965. The van der Waals surface area contributed by atoms with E-state index in [1.807, 2.05) is 0 Å². The molecule has 0 bridgehead atoms. The van der Waals surface area contributed by atoms with E-state index >= 15 is 0 Å². The molecule has 0 fully saturated rings. The summed E-state index contributed by atoms with van der Waals surface area (Å²) in [7, 11) is 0. The molecular weight excluding hydrogens is 279 g/mol. The fraction of sp³-hybridized carbons (Fsp3) is 0.286. The van der Waals surface area contributed by atoms with E-state index in [0.717, 1.165) is 37.2 Å². The second kappa shape index (κ2) is 5.73. The molecule has 2 aromatic rings. The van der Waals surface area contributed by atoms with Gasteiger partial charge in [0, 0.05) is 18.5 Å². The average molecular weight is 293 g/mol. The van der Waals surface area contributed by atoms with Gasteiger partial charge in [0.1, 0.15) is 11.0 Å². The summed E-state index contributed by atoms with van der Waals surface area (Å²) in [6, 6.07) is 6.41. The second-order valence-corrected chi connectivity index (χ2v) is 4.98. The Balaban J connectivity index is 1.93. The van der Waals surface area contributed by atoms with Crippen molar-refractivity contribution in [3.63, 3.8) is 0 Å². The number of fused-ring (bicyclic) bond motifs is 1. The van der Waals surface area contributed by atoms with Gasteiger partial charge in [-0.3, -0.25) is 0 Å². The van der Waals surface area contributed by atoms with Gasteiger partial charge in [0.05, 0.1) is 11.4 Å². The Hall–Kier alpha value is -1.72. The van der Waals surface area contributed by atoms with Crippen LogP contribution < -0.4 is 10.6 Å². The van der Waals surface area contributed by atoms with Crippen LogP contribution in [-0.4, -0.2) is 23.1 Å². The third kappa shape index (κ3) is 2.73. The van der Waals surface area contributed by atoms with Gasteiger partial charge < -0.3 is 10.6 Å². The summed E-state index contributed by atoms with van der Waals surface area (Å²) in [6.07, 6.45) is 1.61. The van der Waals surface area contributed by atoms with Crippen LogP contribution in [0.5, 0.6) is 0 Å². The molecule has 0 amide bonds. The van der Waals surface area contributed by atoms with E-state index in [-0.39, 0.29) is 5.82 Å². The lowest BCUT2D eigenvalue weighted by molar-refractivity contribution is 0.631. The average Bonchev–Trinajstić information content (AvgIpc) is 2.67. The molecule has 0 unspecified atom stereocenters. The van der Waals surface area contributed by atoms with Crippen LogP contribution in [0.25, 0.3) is 0 Å². The maximum atomic E-state index is 13.6. The summed E-state index contributed by atoms with van der Waals surface area (Å²) in [4.78, 5) is 8.67. The number of benzene rings is 1. The SMILES string of the molecule is Fc1ccccc1Nc1nc(Cl)c2c(n1)CCNCC2. The van der Waals surface area contributed by atoms with Gasteiger partial charge in [-0.15, -0.1) is 0 Å². The first-order valence-corrected chi connectivity index (χ1v) is 6.89. The molecule has 0 radical (unpaired) electrons. The smallest absolute Gasteiger partial charge is 0.228 e. The van der Waals surface area contributed by atoms with E-state index in [1.54, 1.807) is 18.2 Å². The summed E-state index contributed by atoms with van der Waals surface area (Å²) in [5, 5.41) is 6.62. The number of hydrogen-bond acceptors (Lipinski definition) is 4. The monoisotopic (exact) mass is 292 g/mol. The van der Waals surface area contributed by atoms with Crippen molar-refractivity contribution in [3.05, 3.63) is 46.5 Å². The molecule has 2 N–H and O–H groups in total. The Labute approximate surface area is 121 Å². The van der Waals surface area contributed by atoms with Gasteiger partial charge in [0.15, 0.2) is 0 Å². The molecule has 2 heterocycles. The minimum absolute atomic E-state index is 0.334. The van der Waals surface area contributed by atoms with Crippen LogP contribution in [0.1, 0.15) is 11.3 Å². The molecule has 4 nitrogen and oxygen atoms in total. The predicted molar refractivity (Wildman–Crippen MR) is 77.0 cm³/mol. The fourth-order valence-electron chi connectivity index (χ4n) is 2.24. The first kappa shape index (κ1) is 13.3. The van der Waals surface area contributed by atoms with Gasteiger partial charge in [0.25, 0.3) is 0 Å².